The summed E-state index contributed by atoms with van der Waals surface area (Å²) in [4.78, 5) is 0. The van der Waals surface area contributed by atoms with Crippen LogP contribution in [0.4, 0.5) is 0 Å². The second-order valence-corrected chi connectivity index (χ2v) is 8.93. The van der Waals surface area contributed by atoms with Crippen molar-refractivity contribution >= 4 is 48.9 Å². The standard InChI is InChI=1S/C11H15BrClNO2S2/c12-7-2-8-14(9-3-1-4-9)18(15,16)11-6-5-10(13)17-11/h5-6,9H,1-4,7-8H2. The molecule has 102 valence electrons. The number of rotatable bonds is 6. The third kappa shape index (κ3) is 3.10. The van der Waals surface area contributed by atoms with Crippen LogP contribution in [0.25, 0.3) is 0 Å². The van der Waals surface area contributed by atoms with Crippen molar-refractivity contribution in [2.45, 2.75) is 35.9 Å². The molecule has 0 aromatic carbocycles. The summed E-state index contributed by atoms with van der Waals surface area (Å²) in [5.74, 6) is 0. The van der Waals surface area contributed by atoms with Crippen molar-refractivity contribution in [2.24, 2.45) is 0 Å². The van der Waals surface area contributed by atoms with Crippen LogP contribution in [0, 0.1) is 0 Å². The quantitative estimate of drug-likeness (QED) is 0.714. The van der Waals surface area contributed by atoms with E-state index in [9.17, 15) is 8.42 Å². The number of hydrogen-bond donors (Lipinski definition) is 0. The van der Waals surface area contributed by atoms with Gasteiger partial charge < -0.3 is 0 Å². The van der Waals surface area contributed by atoms with Crippen LogP contribution in [0.5, 0.6) is 0 Å². The van der Waals surface area contributed by atoms with E-state index in [1.807, 2.05) is 0 Å². The van der Waals surface area contributed by atoms with E-state index >= 15 is 0 Å². The van der Waals surface area contributed by atoms with Crippen molar-refractivity contribution in [3.05, 3.63) is 16.5 Å². The van der Waals surface area contributed by atoms with E-state index < -0.39 is 10.0 Å². The van der Waals surface area contributed by atoms with E-state index in [-0.39, 0.29) is 6.04 Å². The first-order chi connectivity index (χ1) is 8.55. The molecule has 7 heteroatoms. The maximum atomic E-state index is 12.5. The van der Waals surface area contributed by atoms with E-state index in [1.54, 1.807) is 16.4 Å². The van der Waals surface area contributed by atoms with Crippen molar-refractivity contribution in [3.8, 4) is 0 Å². The van der Waals surface area contributed by atoms with E-state index in [0.29, 0.717) is 15.1 Å². The highest BCUT2D eigenvalue weighted by molar-refractivity contribution is 9.09. The zero-order valence-corrected chi connectivity index (χ0v) is 13.8. The van der Waals surface area contributed by atoms with Crippen LogP contribution >= 0.6 is 38.9 Å². The Balaban J connectivity index is 2.22. The largest absolute Gasteiger partial charge is 0.252 e. The summed E-state index contributed by atoms with van der Waals surface area (Å²) in [5, 5.41) is 0.816. The lowest BCUT2D eigenvalue weighted by Crippen LogP contribution is -2.44. The van der Waals surface area contributed by atoms with Gasteiger partial charge in [0.2, 0.25) is 0 Å². The molecule has 1 aromatic heterocycles. The second-order valence-electron chi connectivity index (χ2n) is 4.30. The molecule has 1 fully saturated rings. The van der Waals surface area contributed by atoms with E-state index in [1.165, 1.54) is 0 Å². The topological polar surface area (TPSA) is 37.4 Å². The van der Waals surface area contributed by atoms with Gasteiger partial charge in [0.25, 0.3) is 10.0 Å². The minimum absolute atomic E-state index is 0.176. The molecule has 0 amide bonds. The van der Waals surface area contributed by atoms with Gasteiger partial charge in [0, 0.05) is 17.9 Å². The summed E-state index contributed by atoms with van der Waals surface area (Å²) < 4.78 is 27.6. The monoisotopic (exact) mass is 371 g/mol. The fraction of sp³-hybridized carbons (Fsp3) is 0.636. The zero-order valence-electron chi connectivity index (χ0n) is 9.81. The SMILES string of the molecule is O=S(=O)(c1ccc(Cl)s1)N(CCCBr)C1CCC1. The first kappa shape index (κ1) is 14.8. The molecule has 0 saturated heterocycles. The second kappa shape index (κ2) is 6.22. The van der Waals surface area contributed by atoms with Crippen LogP contribution in [0.1, 0.15) is 25.7 Å². The molecule has 0 spiro atoms. The predicted octanol–water partition coefficient (Wildman–Crippen LogP) is 3.73. The molecule has 0 aliphatic heterocycles. The van der Waals surface area contributed by atoms with Gasteiger partial charge in [0.15, 0.2) is 0 Å². The number of alkyl halides is 1. The van der Waals surface area contributed by atoms with Gasteiger partial charge in [-0.05, 0) is 31.4 Å². The van der Waals surface area contributed by atoms with Crippen LogP contribution in [0.15, 0.2) is 16.3 Å². The Morgan fingerprint density at radius 3 is 2.61 bits per heavy atom. The van der Waals surface area contributed by atoms with Gasteiger partial charge in [-0.3, -0.25) is 0 Å². The van der Waals surface area contributed by atoms with Gasteiger partial charge in [-0.2, -0.15) is 4.31 Å². The molecule has 0 atom stereocenters. The third-order valence-corrected chi connectivity index (χ3v) is 7.32. The predicted molar refractivity (Wildman–Crippen MR) is 79.3 cm³/mol. The van der Waals surface area contributed by atoms with Crippen molar-refractivity contribution in [3.63, 3.8) is 0 Å². The van der Waals surface area contributed by atoms with Crippen molar-refractivity contribution in [1.29, 1.82) is 0 Å². The summed E-state index contributed by atoms with van der Waals surface area (Å²) in [7, 11) is -3.37. The number of sulfonamides is 1. The first-order valence-corrected chi connectivity index (χ1v) is 9.64. The van der Waals surface area contributed by atoms with Crippen LogP contribution < -0.4 is 0 Å². The molecule has 0 unspecified atom stereocenters. The molecule has 1 aliphatic carbocycles. The fourth-order valence-electron chi connectivity index (χ4n) is 1.94. The lowest BCUT2D eigenvalue weighted by Gasteiger charge is -2.36. The van der Waals surface area contributed by atoms with Crippen LogP contribution in [-0.2, 0) is 10.0 Å². The number of halogens is 2. The minimum atomic E-state index is -3.37. The molecule has 1 aliphatic rings. The van der Waals surface area contributed by atoms with Crippen molar-refractivity contribution in [1.82, 2.24) is 4.31 Å². The lowest BCUT2D eigenvalue weighted by atomic mass is 9.93. The molecule has 1 saturated carbocycles. The first-order valence-electron chi connectivity index (χ1n) is 5.89. The zero-order chi connectivity index (χ0) is 13.2. The normalized spacial score (nSPS) is 17.1. The summed E-state index contributed by atoms with van der Waals surface area (Å²) in [6.45, 7) is 0.577. The Bertz CT molecular complexity index is 499. The summed E-state index contributed by atoms with van der Waals surface area (Å²) in [6, 6.07) is 3.42. The molecule has 0 radical (unpaired) electrons. The summed E-state index contributed by atoms with van der Waals surface area (Å²) in [5.41, 5.74) is 0. The van der Waals surface area contributed by atoms with Gasteiger partial charge in [0.05, 0.1) is 4.34 Å². The van der Waals surface area contributed by atoms with Crippen molar-refractivity contribution < 1.29 is 8.42 Å². The molecular formula is C11H15BrClNO2S2. The average molecular weight is 373 g/mol. The van der Waals surface area contributed by atoms with Gasteiger partial charge in [-0.1, -0.05) is 34.0 Å². The minimum Gasteiger partial charge on any atom is -0.206 e. The van der Waals surface area contributed by atoms with Gasteiger partial charge in [-0.15, -0.1) is 11.3 Å². The molecule has 1 heterocycles. The van der Waals surface area contributed by atoms with Crippen LogP contribution in [0.3, 0.4) is 0 Å². The Labute approximate surface area is 125 Å². The molecule has 18 heavy (non-hydrogen) atoms. The molecular weight excluding hydrogens is 358 g/mol. The summed E-state index contributed by atoms with van der Waals surface area (Å²) in [6.07, 6.45) is 3.90. The van der Waals surface area contributed by atoms with Crippen molar-refractivity contribution in [2.75, 3.05) is 11.9 Å². The number of hydrogen-bond acceptors (Lipinski definition) is 3. The van der Waals surface area contributed by atoms with E-state index in [2.05, 4.69) is 15.9 Å². The molecule has 0 N–H and O–H groups in total. The molecule has 0 bridgehead atoms. The average Bonchev–Trinajstić information content (AvgIpc) is 2.68. The number of thiophene rings is 1. The van der Waals surface area contributed by atoms with Gasteiger partial charge >= 0.3 is 0 Å². The Hall–Kier alpha value is 0.380. The Morgan fingerprint density at radius 2 is 2.17 bits per heavy atom. The molecule has 2 rings (SSSR count). The van der Waals surface area contributed by atoms with Gasteiger partial charge in [0.1, 0.15) is 4.21 Å². The Kier molecular flexibility index (Phi) is 5.11. The fourth-order valence-corrected chi connectivity index (χ4v) is 5.53. The highest BCUT2D eigenvalue weighted by atomic mass is 79.9. The molecule has 3 nitrogen and oxygen atoms in total. The Morgan fingerprint density at radius 1 is 1.44 bits per heavy atom. The highest BCUT2D eigenvalue weighted by Gasteiger charge is 2.35. The summed E-state index contributed by atoms with van der Waals surface area (Å²) >= 11 is 10.3. The highest BCUT2D eigenvalue weighted by Crippen LogP contribution is 2.33. The van der Waals surface area contributed by atoms with Crippen LogP contribution in [0.2, 0.25) is 4.34 Å². The maximum Gasteiger partial charge on any atom is 0.252 e. The third-order valence-electron chi connectivity index (χ3n) is 3.11. The van der Waals surface area contributed by atoms with E-state index in [4.69, 9.17) is 11.6 Å². The van der Waals surface area contributed by atoms with Gasteiger partial charge in [-0.25, -0.2) is 8.42 Å². The molecule has 1 aromatic rings. The van der Waals surface area contributed by atoms with Crippen LogP contribution in [-0.4, -0.2) is 30.6 Å². The smallest absolute Gasteiger partial charge is 0.206 e. The maximum absolute atomic E-state index is 12.5. The number of nitrogens with zero attached hydrogens (tertiary/aromatic N) is 1. The lowest BCUT2D eigenvalue weighted by molar-refractivity contribution is 0.220. The van der Waals surface area contributed by atoms with E-state index in [0.717, 1.165) is 42.4 Å².